The van der Waals surface area contributed by atoms with Gasteiger partial charge in [-0.3, -0.25) is 9.69 Å². The molecule has 0 saturated carbocycles. The van der Waals surface area contributed by atoms with Crippen LogP contribution in [0, 0.1) is 5.82 Å². The zero-order chi connectivity index (χ0) is 16.2. The predicted octanol–water partition coefficient (Wildman–Crippen LogP) is 3.74. The fourth-order valence-corrected chi connectivity index (χ4v) is 3.58. The van der Waals surface area contributed by atoms with Crippen molar-refractivity contribution in [2.45, 2.75) is 18.7 Å². The first kappa shape index (κ1) is 15.9. The van der Waals surface area contributed by atoms with Crippen LogP contribution in [-0.4, -0.2) is 27.4 Å². The second-order valence-corrected chi connectivity index (χ2v) is 7.24. The number of hydrogen-bond donors (Lipinski definition) is 0. The standard InChI is InChI=1S/C16H14FN3OS2/c1-11-15(21)20(10-12-4-6-13(17)7-5-12)16(23-11)19-18-9-14-3-2-8-22-14/h2-9,11H,10H2,1H3/b18-9-,19-16+/t11-/m0/s1. The molecule has 1 aliphatic rings. The lowest BCUT2D eigenvalue weighted by Gasteiger charge is -2.15. The van der Waals surface area contributed by atoms with Crippen LogP contribution in [0.3, 0.4) is 0 Å². The van der Waals surface area contributed by atoms with E-state index in [9.17, 15) is 9.18 Å². The van der Waals surface area contributed by atoms with Crippen molar-refractivity contribution >= 4 is 40.4 Å². The van der Waals surface area contributed by atoms with Crippen LogP contribution in [0.2, 0.25) is 0 Å². The predicted molar refractivity (Wildman–Crippen MR) is 93.4 cm³/mol. The third kappa shape index (κ3) is 3.86. The van der Waals surface area contributed by atoms with Crippen LogP contribution in [-0.2, 0) is 11.3 Å². The normalized spacial score (nSPS) is 20.1. The Hall–Kier alpha value is -1.99. The second kappa shape index (κ2) is 7.06. The highest BCUT2D eigenvalue weighted by Gasteiger charge is 2.35. The number of carbonyl (C=O) groups is 1. The summed E-state index contributed by atoms with van der Waals surface area (Å²) in [4.78, 5) is 14.9. The third-order valence-corrected chi connectivity index (χ3v) is 5.13. The lowest BCUT2D eigenvalue weighted by Crippen LogP contribution is -2.30. The van der Waals surface area contributed by atoms with Crippen LogP contribution < -0.4 is 0 Å². The number of nitrogens with zero attached hydrogens (tertiary/aromatic N) is 3. The molecule has 0 N–H and O–H groups in total. The van der Waals surface area contributed by atoms with Gasteiger partial charge >= 0.3 is 0 Å². The van der Waals surface area contributed by atoms with Gasteiger partial charge in [0.05, 0.1) is 18.0 Å². The Balaban J connectivity index is 1.77. The van der Waals surface area contributed by atoms with Gasteiger partial charge in [-0.25, -0.2) is 4.39 Å². The molecule has 23 heavy (non-hydrogen) atoms. The number of benzene rings is 1. The molecule has 2 heterocycles. The average Bonchev–Trinajstić information content (AvgIpc) is 3.14. The molecule has 0 aliphatic carbocycles. The summed E-state index contributed by atoms with van der Waals surface area (Å²) in [5.41, 5.74) is 0.851. The fourth-order valence-electron chi connectivity index (χ4n) is 2.08. The van der Waals surface area contributed by atoms with E-state index in [1.807, 2.05) is 24.4 Å². The molecule has 1 aromatic heterocycles. The van der Waals surface area contributed by atoms with Crippen molar-refractivity contribution in [2.75, 3.05) is 0 Å². The van der Waals surface area contributed by atoms with Gasteiger partial charge in [-0.15, -0.1) is 16.4 Å². The van der Waals surface area contributed by atoms with Crippen LogP contribution in [0.15, 0.2) is 52.0 Å². The van der Waals surface area contributed by atoms with Crippen molar-refractivity contribution in [1.82, 2.24) is 4.90 Å². The number of amidine groups is 1. The molecule has 1 fully saturated rings. The lowest BCUT2D eigenvalue weighted by molar-refractivity contribution is -0.126. The Morgan fingerprint density at radius 3 is 2.78 bits per heavy atom. The van der Waals surface area contributed by atoms with Gasteiger partial charge in [-0.05, 0) is 36.1 Å². The summed E-state index contributed by atoms with van der Waals surface area (Å²) in [6.45, 7) is 2.21. The monoisotopic (exact) mass is 347 g/mol. The SMILES string of the molecule is C[C@@H]1S/C(=N/N=C\c2cccs2)N(Cc2ccc(F)cc2)C1=O. The minimum atomic E-state index is -0.293. The summed E-state index contributed by atoms with van der Waals surface area (Å²) in [6, 6.07) is 10.00. The average molecular weight is 347 g/mol. The largest absolute Gasteiger partial charge is 0.284 e. The molecular formula is C16H14FN3OS2. The van der Waals surface area contributed by atoms with Gasteiger partial charge in [-0.2, -0.15) is 5.10 Å². The van der Waals surface area contributed by atoms with Crippen molar-refractivity contribution < 1.29 is 9.18 Å². The number of thiophene rings is 1. The number of rotatable bonds is 4. The fraction of sp³-hybridized carbons (Fsp3) is 0.188. The molecule has 2 aromatic rings. The van der Waals surface area contributed by atoms with Gasteiger partial charge in [0.1, 0.15) is 5.82 Å². The molecule has 1 amide bonds. The van der Waals surface area contributed by atoms with E-state index in [-0.39, 0.29) is 17.0 Å². The van der Waals surface area contributed by atoms with Crippen LogP contribution in [0.4, 0.5) is 4.39 Å². The highest BCUT2D eigenvalue weighted by molar-refractivity contribution is 8.15. The van der Waals surface area contributed by atoms with Gasteiger partial charge in [0.2, 0.25) is 5.91 Å². The van der Waals surface area contributed by atoms with Crippen LogP contribution in [0.1, 0.15) is 17.4 Å². The molecule has 7 heteroatoms. The quantitative estimate of drug-likeness (QED) is 0.625. The van der Waals surface area contributed by atoms with Gasteiger partial charge in [0.15, 0.2) is 5.17 Å². The van der Waals surface area contributed by atoms with E-state index in [1.165, 1.54) is 23.9 Å². The van der Waals surface area contributed by atoms with Gasteiger partial charge in [0.25, 0.3) is 0 Å². The number of thioether (sulfide) groups is 1. The molecule has 3 rings (SSSR count). The Kier molecular flexibility index (Phi) is 4.88. The molecule has 1 saturated heterocycles. The zero-order valence-corrected chi connectivity index (χ0v) is 14.0. The smallest absolute Gasteiger partial charge is 0.242 e. The summed E-state index contributed by atoms with van der Waals surface area (Å²) in [7, 11) is 0. The highest BCUT2D eigenvalue weighted by atomic mass is 32.2. The van der Waals surface area contributed by atoms with Crippen molar-refractivity contribution in [2.24, 2.45) is 10.2 Å². The van der Waals surface area contributed by atoms with E-state index in [0.717, 1.165) is 10.4 Å². The first-order valence-corrected chi connectivity index (χ1v) is 8.76. The summed E-state index contributed by atoms with van der Waals surface area (Å²) >= 11 is 2.95. The van der Waals surface area contributed by atoms with E-state index in [0.29, 0.717) is 11.7 Å². The van der Waals surface area contributed by atoms with Crippen LogP contribution >= 0.6 is 23.1 Å². The molecule has 0 bridgehead atoms. The maximum Gasteiger partial charge on any atom is 0.242 e. The van der Waals surface area contributed by atoms with E-state index in [4.69, 9.17) is 0 Å². The minimum absolute atomic E-state index is 0.00982. The number of carbonyl (C=O) groups excluding carboxylic acids is 1. The van der Waals surface area contributed by atoms with Gasteiger partial charge in [0, 0.05) is 4.88 Å². The summed E-state index contributed by atoms with van der Waals surface area (Å²) < 4.78 is 13.0. The van der Waals surface area contributed by atoms with Gasteiger partial charge < -0.3 is 0 Å². The number of hydrogen-bond acceptors (Lipinski definition) is 5. The van der Waals surface area contributed by atoms with Crippen LogP contribution in [0.5, 0.6) is 0 Å². The molecule has 1 atom stereocenters. The zero-order valence-electron chi connectivity index (χ0n) is 12.3. The Labute approximate surface area is 141 Å². The van der Waals surface area contributed by atoms with Crippen molar-refractivity contribution in [1.29, 1.82) is 0 Å². The number of amides is 1. The van der Waals surface area contributed by atoms with Crippen molar-refractivity contribution in [3.8, 4) is 0 Å². The van der Waals surface area contributed by atoms with Crippen LogP contribution in [0.25, 0.3) is 0 Å². The van der Waals surface area contributed by atoms with E-state index in [2.05, 4.69) is 10.2 Å². The van der Waals surface area contributed by atoms with E-state index in [1.54, 1.807) is 34.6 Å². The van der Waals surface area contributed by atoms with Gasteiger partial charge in [-0.1, -0.05) is 30.0 Å². The third-order valence-electron chi connectivity index (χ3n) is 3.25. The Bertz CT molecular complexity index is 741. The second-order valence-electron chi connectivity index (χ2n) is 4.95. The maximum atomic E-state index is 13.0. The number of halogens is 1. The van der Waals surface area contributed by atoms with Crippen molar-refractivity contribution in [3.05, 3.63) is 58.0 Å². The molecule has 118 valence electrons. The minimum Gasteiger partial charge on any atom is -0.284 e. The molecule has 0 spiro atoms. The summed E-state index contributed by atoms with van der Waals surface area (Å²) in [5.74, 6) is -0.303. The van der Waals surface area contributed by atoms with Crippen molar-refractivity contribution in [3.63, 3.8) is 0 Å². The first-order chi connectivity index (χ1) is 11.1. The molecule has 1 aromatic carbocycles. The Morgan fingerprint density at radius 2 is 2.09 bits per heavy atom. The van der Waals surface area contributed by atoms with E-state index >= 15 is 0 Å². The molecular weight excluding hydrogens is 333 g/mol. The van der Waals surface area contributed by atoms with E-state index < -0.39 is 0 Å². The Morgan fingerprint density at radius 1 is 1.30 bits per heavy atom. The molecule has 4 nitrogen and oxygen atoms in total. The topological polar surface area (TPSA) is 45.0 Å². The lowest BCUT2D eigenvalue weighted by atomic mass is 10.2. The maximum absolute atomic E-state index is 13.0. The first-order valence-electron chi connectivity index (χ1n) is 7.00. The molecule has 0 unspecified atom stereocenters. The molecule has 1 aliphatic heterocycles. The molecule has 0 radical (unpaired) electrons. The summed E-state index contributed by atoms with van der Waals surface area (Å²) in [6.07, 6.45) is 1.67. The highest BCUT2D eigenvalue weighted by Crippen LogP contribution is 2.28. The summed E-state index contributed by atoms with van der Waals surface area (Å²) in [5, 5.41) is 10.6.